The van der Waals surface area contributed by atoms with E-state index in [2.05, 4.69) is 69.4 Å². The summed E-state index contributed by atoms with van der Waals surface area (Å²) in [5.41, 5.74) is 3.48. The van der Waals surface area contributed by atoms with Crippen LogP contribution in [0, 0.1) is 6.92 Å². The first-order chi connectivity index (χ1) is 15.7. The Balaban J connectivity index is 1.72. The largest absolute Gasteiger partial charge is 0.363 e. The minimum Gasteiger partial charge on any atom is -0.363 e. The molecule has 33 heavy (non-hydrogen) atoms. The van der Waals surface area contributed by atoms with E-state index in [4.69, 9.17) is 16.7 Å². The monoisotopic (exact) mass is 463 g/mol. The molecule has 0 fully saturated rings. The van der Waals surface area contributed by atoms with Crippen LogP contribution in [-0.4, -0.2) is 15.6 Å². The molecule has 0 radical (unpaired) electrons. The van der Waals surface area contributed by atoms with Gasteiger partial charge in [-0.2, -0.15) is 5.10 Å². The van der Waals surface area contributed by atoms with Crippen molar-refractivity contribution in [1.82, 2.24) is 9.78 Å². The molecule has 4 nitrogen and oxygen atoms in total. The van der Waals surface area contributed by atoms with Crippen LogP contribution in [0.2, 0.25) is 5.02 Å². The lowest BCUT2D eigenvalue weighted by atomic mass is 9.71. The molecule has 0 aliphatic carbocycles. The molecule has 1 aliphatic rings. The van der Waals surface area contributed by atoms with Gasteiger partial charge in [-0.3, -0.25) is 4.79 Å². The van der Waals surface area contributed by atoms with Crippen molar-refractivity contribution >= 4 is 23.2 Å². The zero-order valence-electron chi connectivity index (χ0n) is 20.3. The van der Waals surface area contributed by atoms with Gasteiger partial charge in [0.25, 0.3) is 0 Å². The predicted molar refractivity (Wildman–Crippen MR) is 136 cm³/mol. The quantitative estimate of drug-likeness (QED) is 0.369. The van der Waals surface area contributed by atoms with Crippen LogP contribution in [0.3, 0.4) is 0 Å². The number of ketones is 1. The molecule has 4 rings (SSSR count). The third kappa shape index (κ3) is 4.33. The molecule has 1 N–H and O–H groups in total. The number of rotatable bonds is 7. The van der Waals surface area contributed by atoms with Gasteiger partial charge in [-0.15, -0.1) is 0 Å². The van der Waals surface area contributed by atoms with Crippen LogP contribution in [-0.2, 0) is 11.0 Å². The van der Waals surface area contributed by atoms with E-state index >= 15 is 0 Å². The summed E-state index contributed by atoms with van der Waals surface area (Å²) in [6.45, 7) is 10.7. The number of carbonyl (C=O) groups is 1. The fourth-order valence-electron chi connectivity index (χ4n) is 5.33. The van der Waals surface area contributed by atoms with Crippen LogP contribution in [0.25, 0.3) is 0 Å². The summed E-state index contributed by atoms with van der Waals surface area (Å²) < 4.78 is 2.02. The summed E-state index contributed by atoms with van der Waals surface area (Å²) >= 11 is 6.14. The molecular formula is C28H34ClN3O. The van der Waals surface area contributed by atoms with Gasteiger partial charge >= 0.3 is 0 Å². The summed E-state index contributed by atoms with van der Waals surface area (Å²) in [6, 6.07) is 18.6. The molecule has 174 valence electrons. The third-order valence-corrected chi connectivity index (χ3v) is 7.69. The van der Waals surface area contributed by atoms with Gasteiger partial charge in [-0.1, -0.05) is 67.9 Å². The van der Waals surface area contributed by atoms with Crippen LogP contribution < -0.4 is 5.32 Å². The number of benzene rings is 2. The van der Waals surface area contributed by atoms with E-state index in [-0.39, 0.29) is 22.8 Å². The number of halogens is 1. The number of hydrogen-bond donors (Lipinski definition) is 1. The molecule has 0 unspecified atom stereocenters. The number of Topliss-reactive ketones (excluding diaryl/α,β-unsaturated/α-hetero) is 1. The zero-order chi connectivity index (χ0) is 23.8. The molecule has 0 bridgehead atoms. The van der Waals surface area contributed by atoms with Gasteiger partial charge in [-0.05, 0) is 63.3 Å². The van der Waals surface area contributed by atoms with Crippen LogP contribution in [0.1, 0.15) is 86.6 Å². The lowest BCUT2D eigenvalue weighted by Gasteiger charge is -2.38. The molecule has 1 aromatic heterocycles. The van der Waals surface area contributed by atoms with E-state index in [9.17, 15) is 4.79 Å². The molecule has 3 aromatic rings. The van der Waals surface area contributed by atoms with Gasteiger partial charge in [0.1, 0.15) is 5.82 Å². The molecule has 2 aromatic carbocycles. The van der Waals surface area contributed by atoms with E-state index in [0.29, 0.717) is 11.4 Å². The Kier molecular flexibility index (Phi) is 6.41. The number of hydrogen-bond acceptors (Lipinski definition) is 3. The predicted octanol–water partition coefficient (Wildman–Crippen LogP) is 7.47. The highest BCUT2D eigenvalue weighted by Gasteiger charge is 2.39. The van der Waals surface area contributed by atoms with E-state index in [1.807, 2.05) is 29.8 Å². The van der Waals surface area contributed by atoms with Crippen molar-refractivity contribution in [3.05, 3.63) is 82.0 Å². The summed E-state index contributed by atoms with van der Waals surface area (Å²) in [5, 5.41) is 9.22. The molecule has 1 atom stereocenters. The van der Waals surface area contributed by atoms with E-state index in [1.165, 1.54) is 11.1 Å². The Bertz CT molecular complexity index is 1130. The molecule has 0 saturated carbocycles. The fourth-order valence-corrected chi connectivity index (χ4v) is 5.46. The topological polar surface area (TPSA) is 46.9 Å². The number of nitrogens with one attached hydrogen (secondary N) is 1. The van der Waals surface area contributed by atoms with Crippen molar-refractivity contribution in [2.45, 2.75) is 77.3 Å². The number of aryl methyl sites for hydroxylation is 1. The fraction of sp³-hybridized carbons (Fsp3) is 0.429. The van der Waals surface area contributed by atoms with E-state index < -0.39 is 0 Å². The van der Waals surface area contributed by atoms with Gasteiger partial charge in [0.2, 0.25) is 0 Å². The minimum absolute atomic E-state index is 0.134. The molecular weight excluding hydrogens is 430 g/mol. The number of nitrogens with zero attached hydrogens (tertiary/aromatic N) is 2. The molecule has 0 spiro atoms. The maximum atomic E-state index is 13.9. The maximum absolute atomic E-state index is 13.9. The van der Waals surface area contributed by atoms with Crippen molar-refractivity contribution in [2.75, 3.05) is 5.32 Å². The van der Waals surface area contributed by atoms with Gasteiger partial charge < -0.3 is 5.32 Å². The van der Waals surface area contributed by atoms with Gasteiger partial charge in [0.05, 0.1) is 22.8 Å². The Morgan fingerprint density at radius 1 is 1.12 bits per heavy atom. The molecule has 0 amide bonds. The maximum Gasteiger partial charge on any atom is 0.169 e. The van der Waals surface area contributed by atoms with Crippen molar-refractivity contribution in [2.24, 2.45) is 0 Å². The highest BCUT2D eigenvalue weighted by molar-refractivity contribution is 6.30. The first-order valence-electron chi connectivity index (χ1n) is 11.9. The zero-order valence-corrected chi connectivity index (χ0v) is 21.0. The average molecular weight is 464 g/mol. The highest BCUT2D eigenvalue weighted by Crippen LogP contribution is 2.43. The second-order valence-corrected chi connectivity index (χ2v) is 10.4. The van der Waals surface area contributed by atoms with E-state index in [1.54, 1.807) is 0 Å². The lowest BCUT2D eigenvalue weighted by Crippen LogP contribution is -2.38. The summed E-state index contributed by atoms with van der Waals surface area (Å²) in [6.07, 6.45) is 3.10. The Morgan fingerprint density at radius 2 is 1.76 bits per heavy atom. The van der Waals surface area contributed by atoms with Gasteiger partial charge in [0, 0.05) is 16.9 Å². The van der Waals surface area contributed by atoms with Gasteiger partial charge in [0.15, 0.2) is 5.78 Å². The van der Waals surface area contributed by atoms with Crippen LogP contribution >= 0.6 is 11.6 Å². The average Bonchev–Trinajstić information content (AvgIpc) is 3.15. The van der Waals surface area contributed by atoms with Crippen LogP contribution in [0.15, 0.2) is 54.6 Å². The van der Waals surface area contributed by atoms with Crippen molar-refractivity contribution in [1.29, 1.82) is 0 Å². The number of anilines is 1. The Hall–Kier alpha value is -2.59. The lowest BCUT2D eigenvalue weighted by molar-refractivity contribution is 0.0944. The summed E-state index contributed by atoms with van der Waals surface area (Å²) in [5.74, 6) is 0.990. The van der Waals surface area contributed by atoms with Crippen LogP contribution in [0.5, 0.6) is 0 Å². The van der Waals surface area contributed by atoms with E-state index in [0.717, 1.165) is 36.3 Å². The minimum atomic E-state index is -0.230. The van der Waals surface area contributed by atoms with Crippen molar-refractivity contribution in [3.63, 3.8) is 0 Å². The first-order valence-corrected chi connectivity index (χ1v) is 12.3. The molecule has 2 heterocycles. The first kappa shape index (κ1) is 23.6. The van der Waals surface area contributed by atoms with Crippen molar-refractivity contribution < 1.29 is 4.79 Å². The van der Waals surface area contributed by atoms with Crippen LogP contribution in [0.4, 0.5) is 5.82 Å². The molecule has 0 saturated heterocycles. The highest BCUT2D eigenvalue weighted by atomic mass is 35.5. The Labute approximate surface area is 202 Å². The number of aromatic nitrogens is 2. The molecule has 1 aliphatic heterocycles. The number of carbonyl (C=O) groups excluding carboxylic acids is 1. The normalized spacial score (nSPS) is 17.3. The standard InChI is InChI=1S/C28H34ClN3O/c1-6-28(7-2,21-13-15-22(29)16-14-21)18-24(33)25-19(3)31-32-26(25)30-23(17-27(32,4)5)20-11-9-8-10-12-20/h8-16,23,30H,6-7,17-18H2,1-5H3/t23-/m1/s1. The second kappa shape index (κ2) is 8.98. The smallest absolute Gasteiger partial charge is 0.169 e. The SMILES string of the molecule is CCC(CC)(CC(=O)c1c(C)nn2c1N[C@@H](c1ccccc1)CC2(C)C)c1ccc(Cl)cc1. The van der Waals surface area contributed by atoms with Crippen molar-refractivity contribution in [3.8, 4) is 0 Å². The Morgan fingerprint density at radius 3 is 2.36 bits per heavy atom. The summed E-state index contributed by atoms with van der Waals surface area (Å²) in [7, 11) is 0. The molecule has 5 heteroatoms. The second-order valence-electron chi connectivity index (χ2n) is 9.94. The summed E-state index contributed by atoms with van der Waals surface area (Å²) in [4.78, 5) is 13.9. The third-order valence-electron chi connectivity index (χ3n) is 7.44. The number of fused-ring (bicyclic) bond motifs is 1. The van der Waals surface area contributed by atoms with Gasteiger partial charge in [-0.25, -0.2) is 4.68 Å².